The van der Waals surface area contributed by atoms with Crippen LogP contribution in [0.25, 0.3) is 5.69 Å². The van der Waals surface area contributed by atoms with Crippen molar-refractivity contribution in [3.05, 3.63) is 66.5 Å². The Bertz CT molecular complexity index is 1030. The first-order chi connectivity index (χ1) is 12.7. The molecule has 11 heteroatoms. The van der Waals surface area contributed by atoms with E-state index < -0.39 is 26.1 Å². The van der Waals surface area contributed by atoms with E-state index in [2.05, 4.69) is 15.4 Å². The lowest BCUT2D eigenvalue weighted by atomic mass is 10.2. The molecule has 0 unspecified atom stereocenters. The van der Waals surface area contributed by atoms with Crippen LogP contribution in [0.4, 0.5) is 23.2 Å². The summed E-state index contributed by atoms with van der Waals surface area (Å²) in [5.41, 5.74) is -4.48. The Kier molecular flexibility index (Phi) is 4.87. The molecule has 0 aliphatic carbocycles. The van der Waals surface area contributed by atoms with E-state index in [1.165, 1.54) is 17.3 Å². The minimum absolute atomic E-state index is 0.0314. The number of anilines is 1. The lowest BCUT2D eigenvalue weighted by Crippen LogP contribution is -2.24. The minimum Gasteiger partial charge on any atom is -0.380 e. The van der Waals surface area contributed by atoms with Crippen molar-refractivity contribution in [2.75, 3.05) is 5.32 Å². The van der Waals surface area contributed by atoms with Crippen molar-refractivity contribution < 1.29 is 26.0 Å². The highest BCUT2D eigenvalue weighted by Gasteiger charge is 2.48. The Morgan fingerprint density at radius 3 is 2.37 bits per heavy atom. The normalized spacial score (nSPS) is 12.1. The molecular weight excluding hydrogens is 388 g/mol. The Hall–Kier alpha value is -2.95. The van der Waals surface area contributed by atoms with Crippen LogP contribution in [-0.2, 0) is 16.4 Å². The van der Waals surface area contributed by atoms with E-state index >= 15 is 0 Å². The molecule has 0 atom stereocenters. The van der Waals surface area contributed by atoms with Gasteiger partial charge in [-0.3, -0.25) is 0 Å². The monoisotopic (exact) mass is 400 g/mol. The summed E-state index contributed by atoms with van der Waals surface area (Å²) < 4.78 is 76.7. The summed E-state index contributed by atoms with van der Waals surface area (Å²) in [6.45, 7) is 0.0314. The minimum atomic E-state index is -5.69. The molecule has 0 amide bonds. The standard InChI is InChI=1S/C16H12F4N4O2S/c17-12-3-6-14(15(7-12)27(25,26)16(18,19)20)22-8-11-1-4-13(5-2-11)24-10-21-9-23-24/h1-7,9-10,22H,8H2. The lowest BCUT2D eigenvalue weighted by molar-refractivity contribution is -0.0435. The molecule has 0 bridgehead atoms. The van der Waals surface area contributed by atoms with Gasteiger partial charge < -0.3 is 5.32 Å². The molecular formula is C16H12F4N4O2S. The Labute approximate surface area is 151 Å². The quantitative estimate of drug-likeness (QED) is 0.665. The first-order valence-corrected chi connectivity index (χ1v) is 8.95. The van der Waals surface area contributed by atoms with Gasteiger partial charge in [0.25, 0.3) is 9.84 Å². The van der Waals surface area contributed by atoms with Crippen LogP contribution in [0.3, 0.4) is 0 Å². The van der Waals surface area contributed by atoms with Crippen molar-refractivity contribution in [3.8, 4) is 5.69 Å². The van der Waals surface area contributed by atoms with Gasteiger partial charge in [0.1, 0.15) is 23.4 Å². The van der Waals surface area contributed by atoms with E-state index in [0.29, 0.717) is 11.6 Å². The topological polar surface area (TPSA) is 76.9 Å². The molecule has 0 saturated carbocycles. The highest BCUT2D eigenvalue weighted by Crippen LogP contribution is 2.35. The van der Waals surface area contributed by atoms with Crippen molar-refractivity contribution >= 4 is 15.5 Å². The number of benzene rings is 2. The van der Waals surface area contributed by atoms with Crippen molar-refractivity contribution in [1.82, 2.24) is 14.8 Å². The van der Waals surface area contributed by atoms with Gasteiger partial charge in [-0.05, 0) is 35.9 Å². The summed E-state index contributed by atoms with van der Waals surface area (Å²) in [6, 6.07) is 8.98. The van der Waals surface area contributed by atoms with Crippen LogP contribution in [0.5, 0.6) is 0 Å². The van der Waals surface area contributed by atoms with E-state index in [9.17, 15) is 26.0 Å². The molecule has 3 rings (SSSR count). The van der Waals surface area contributed by atoms with Gasteiger partial charge in [-0.15, -0.1) is 0 Å². The van der Waals surface area contributed by atoms with E-state index in [4.69, 9.17) is 0 Å². The van der Waals surface area contributed by atoms with Crippen molar-refractivity contribution in [2.24, 2.45) is 0 Å². The Balaban J connectivity index is 1.83. The van der Waals surface area contributed by atoms with Crippen LogP contribution >= 0.6 is 0 Å². The largest absolute Gasteiger partial charge is 0.501 e. The highest BCUT2D eigenvalue weighted by atomic mass is 32.2. The van der Waals surface area contributed by atoms with Crippen LogP contribution in [0, 0.1) is 5.82 Å². The van der Waals surface area contributed by atoms with Crippen LogP contribution < -0.4 is 5.32 Å². The van der Waals surface area contributed by atoms with Crippen LogP contribution in [0.2, 0.25) is 0 Å². The average molecular weight is 400 g/mol. The second-order valence-electron chi connectivity index (χ2n) is 5.45. The number of halogens is 4. The number of alkyl halides is 3. The molecule has 27 heavy (non-hydrogen) atoms. The van der Waals surface area contributed by atoms with E-state index in [1.54, 1.807) is 24.3 Å². The third kappa shape index (κ3) is 3.92. The maximum absolute atomic E-state index is 13.3. The van der Waals surface area contributed by atoms with Gasteiger partial charge in [0.15, 0.2) is 0 Å². The molecule has 1 heterocycles. The maximum Gasteiger partial charge on any atom is 0.501 e. The molecule has 0 spiro atoms. The number of sulfone groups is 1. The van der Waals surface area contributed by atoms with Crippen LogP contribution in [0.15, 0.2) is 60.0 Å². The summed E-state index contributed by atoms with van der Waals surface area (Å²) in [5, 5.41) is 6.57. The van der Waals surface area contributed by atoms with Gasteiger partial charge in [-0.2, -0.15) is 18.3 Å². The molecule has 2 aromatic carbocycles. The van der Waals surface area contributed by atoms with Crippen molar-refractivity contribution in [1.29, 1.82) is 0 Å². The van der Waals surface area contributed by atoms with E-state index in [1.807, 2.05) is 0 Å². The zero-order valence-electron chi connectivity index (χ0n) is 13.5. The van der Waals surface area contributed by atoms with Gasteiger partial charge in [0.05, 0.1) is 11.4 Å². The average Bonchev–Trinajstić information content (AvgIpc) is 3.14. The predicted octanol–water partition coefficient (Wildman–Crippen LogP) is 3.31. The Morgan fingerprint density at radius 2 is 1.78 bits per heavy atom. The fraction of sp³-hybridized carbons (Fsp3) is 0.125. The second kappa shape index (κ2) is 6.99. The number of hydrogen-bond acceptors (Lipinski definition) is 5. The van der Waals surface area contributed by atoms with E-state index in [-0.39, 0.29) is 12.2 Å². The van der Waals surface area contributed by atoms with Gasteiger partial charge >= 0.3 is 5.51 Å². The molecule has 0 fully saturated rings. The molecule has 6 nitrogen and oxygen atoms in total. The molecule has 3 aromatic rings. The summed E-state index contributed by atoms with van der Waals surface area (Å²) in [5.74, 6) is -1.08. The number of rotatable bonds is 5. The third-order valence-electron chi connectivity index (χ3n) is 3.64. The zero-order chi connectivity index (χ0) is 19.7. The van der Waals surface area contributed by atoms with Gasteiger partial charge in [-0.25, -0.2) is 22.5 Å². The lowest BCUT2D eigenvalue weighted by Gasteiger charge is -2.14. The predicted molar refractivity (Wildman–Crippen MR) is 88.3 cm³/mol. The SMILES string of the molecule is O=S(=O)(c1cc(F)ccc1NCc1ccc(-n2cncn2)cc1)C(F)(F)F. The first kappa shape index (κ1) is 18.8. The molecule has 0 radical (unpaired) electrons. The van der Waals surface area contributed by atoms with Gasteiger partial charge in [0, 0.05) is 6.54 Å². The van der Waals surface area contributed by atoms with Crippen molar-refractivity contribution in [2.45, 2.75) is 16.9 Å². The molecule has 0 saturated heterocycles. The second-order valence-corrected chi connectivity index (χ2v) is 7.36. The first-order valence-electron chi connectivity index (χ1n) is 7.47. The number of nitrogens with zero attached hydrogens (tertiary/aromatic N) is 3. The molecule has 1 N–H and O–H groups in total. The van der Waals surface area contributed by atoms with Crippen LogP contribution in [0.1, 0.15) is 5.56 Å². The summed E-state index contributed by atoms with van der Waals surface area (Å²) in [7, 11) is -5.69. The summed E-state index contributed by atoms with van der Waals surface area (Å²) in [4.78, 5) is 2.66. The third-order valence-corrected chi connectivity index (χ3v) is 5.17. The number of nitrogens with one attached hydrogen (secondary N) is 1. The van der Waals surface area contributed by atoms with E-state index in [0.717, 1.165) is 17.8 Å². The fourth-order valence-electron chi connectivity index (χ4n) is 2.29. The van der Waals surface area contributed by atoms with Crippen LogP contribution in [-0.4, -0.2) is 28.7 Å². The van der Waals surface area contributed by atoms with Gasteiger partial charge in [-0.1, -0.05) is 12.1 Å². The smallest absolute Gasteiger partial charge is 0.380 e. The van der Waals surface area contributed by atoms with Gasteiger partial charge in [0.2, 0.25) is 0 Å². The molecule has 0 aliphatic rings. The molecule has 142 valence electrons. The fourth-order valence-corrected chi connectivity index (χ4v) is 3.24. The molecule has 1 aromatic heterocycles. The highest BCUT2D eigenvalue weighted by molar-refractivity contribution is 7.92. The molecule has 0 aliphatic heterocycles. The summed E-state index contributed by atoms with van der Waals surface area (Å²) >= 11 is 0. The zero-order valence-corrected chi connectivity index (χ0v) is 14.3. The number of hydrogen-bond donors (Lipinski definition) is 1. The summed E-state index contributed by atoms with van der Waals surface area (Å²) in [6.07, 6.45) is 2.87. The maximum atomic E-state index is 13.3. The van der Waals surface area contributed by atoms with Crippen molar-refractivity contribution in [3.63, 3.8) is 0 Å². The Morgan fingerprint density at radius 1 is 1.07 bits per heavy atom. The number of aromatic nitrogens is 3.